The van der Waals surface area contributed by atoms with E-state index in [0.717, 1.165) is 19.5 Å². The molecule has 0 unspecified atom stereocenters. The molecule has 2 aromatic rings. The molecule has 0 atom stereocenters. The third-order valence-electron chi connectivity index (χ3n) is 2.57. The summed E-state index contributed by atoms with van der Waals surface area (Å²) >= 11 is 5.69. The number of hydrogen-bond acceptors (Lipinski definition) is 4. The molecule has 1 heterocycles. The summed E-state index contributed by atoms with van der Waals surface area (Å²) in [7, 11) is 0. The number of hydrogen-bond donors (Lipinski definition) is 1. The summed E-state index contributed by atoms with van der Waals surface area (Å²) in [4.78, 5) is 0. The molecule has 0 amide bonds. The van der Waals surface area contributed by atoms with E-state index in [-0.39, 0.29) is 11.5 Å². The van der Waals surface area contributed by atoms with Crippen molar-refractivity contribution in [3.8, 4) is 11.5 Å². The number of nitrogens with one attached hydrogen (secondary N) is 1. The maximum atomic E-state index is 13.7. The molecule has 0 aliphatic rings. The van der Waals surface area contributed by atoms with Gasteiger partial charge in [0.15, 0.2) is 0 Å². The van der Waals surface area contributed by atoms with Crippen LogP contribution in [0, 0.1) is 5.82 Å². The van der Waals surface area contributed by atoms with Crippen LogP contribution in [-0.4, -0.2) is 23.3 Å². The summed E-state index contributed by atoms with van der Waals surface area (Å²) in [5, 5.41) is 11.3. The van der Waals surface area contributed by atoms with E-state index >= 15 is 0 Å². The van der Waals surface area contributed by atoms with Gasteiger partial charge in [0.05, 0.1) is 5.56 Å². The summed E-state index contributed by atoms with van der Waals surface area (Å²) in [5.74, 6) is 0.208. The molecule has 1 N–H and O–H groups in total. The minimum absolute atomic E-state index is 0.180. The van der Waals surface area contributed by atoms with Crippen LogP contribution in [0.2, 0.25) is 5.02 Å². The molecule has 1 aromatic heterocycles. The molecule has 0 aliphatic heterocycles. The Balaban J connectivity index is 2.04. The van der Waals surface area contributed by atoms with Crippen molar-refractivity contribution in [1.29, 1.82) is 0 Å². The molecule has 19 heavy (non-hydrogen) atoms. The average Bonchev–Trinajstić information content (AvgIpc) is 2.83. The van der Waals surface area contributed by atoms with Gasteiger partial charge in [-0.2, -0.15) is 0 Å². The second kappa shape index (κ2) is 6.63. The molecule has 0 spiro atoms. The van der Waals surface area contributed by atoms with Gasteiger partial charge in [-0.1, -0.05) is 18.5 Å². The molecule has 0 saturated carbocycles. The number of halogens is 2. The smallest absolute Gasteiger partial charge is 0.250 e. The monoisotopic (exact) mass is 283 g/mol. The third-order valence-corrected chi connectivity index (χ3v) is 2.81. The van der Waals surface area contributed by atoms with Gasteiger partial charge in [0, 0.05) is 18.0 Å². The molecule has 6 heteroatoms. The SMILES string of the molecule is CCCNCCc1nnc(-c2ccc(Cl)cc2F)o1. The molecule has 0 saturated heterocycles. The van der Waals surface area contributed by atoms with Crippen LogP contribution < -0.4 is 5.32 Å². The molecular weight excluding hydrogens is 269 g/mol. The molecule has 0 bridgehead atoms. The van der Waals surface area contributed by atoms with E-state index in [2.05, 4.69) is 22.4 Å². The zero-order chi connectivity index (χ0) is 13.7. The summed E-state index contributed by atoms with van der Waals surface area (Å²) in [5.41, 5.74) is 0.268. The van der Waals surface area contributed by atoms with E-state index in [1.165, 1.54) is 12.1 Å². The van der Waals surface area contributed by atoms with Gasteiger partial charge < -0.3 is 9.73 Å². The molecule has 0 aliphatic carbocycles. The quantitative estimate of drug-likeness (QED) is 0.828. The van der Waals surface area contributed by atoms with Gasteiger partial charge in [-0.15, -0.1) is 10.2 Å². The van der Waals surface area contributed by atoms with Crippen molar-refractivity contribution in [2.24, 2.45) is 0 Å². The number of aromatic nitrogens is 2. The Morgan fingerprint density at radius 2 is 2.16 bits per heavy atom. The van der Waals surface area contributed by atoms with E-state index in [0.29, 0.717) is 17.3 Å². The van der Waals surface area contributed by atoms with Crippen LogP contribution in [0.5, 0.6) is 0 Å². The van der Waals surface area contributed by atoms with E-state index in [1.54, 1.807) is 6.07 Å². The summed E-state index contributed by atoms with van der Waals surface area (Å²) in [6.07, 6.45) is 1.70. The first-order valence-electron chi connectivity index (χ1n) is 6.19. The van der Waals surface area contributed by atoms with Crippen molar-refractivity contribution in [1.82, 2.24) is 15.5 Å². The number of nitrogens with zero attached hydrogens (tertiary/aromatic N) is 2. The maximum absolute atomic E-state index is 13.7. The number of benzene rings is 1. The van der Waals surface area contributed by atoms with E-state index in [4.69, 9.17) is 16.0 Å². The van der Waals surface area contributed by atoms with E-state index in [1.807, 2.05) is 0 Å². The molecule has 2 rings (SSSR count). The van der Waals surface area contributed by atoms with Gasteiger partial charge in [-0.05, 0) is 31.2 Å². The van der Waals surface area contributed by atoms with Crippen LogP contribution in [-0.2, 0) is 6.42 Å². The molecular formula is C13H15ClFN3O. The van der Waals surface area contributed by atoms with Crippen molar-refractivity contribution in [2.75, 3.05) is 13.1 Å². The Morgan fingerprint density at radius 1 is 1.32 bits per heavy atom. The summed E-state index contributed by atoms with van der Waals surface area (Å²) < 4.78 is 19.1. The Hall–Kier alpha value is -1.46. The lowest BCUT2D eigenvalue weighted by Crippen LogP contribution is -2.17. The molecule has 0 fully saturated rings. The van der Waals surface area contributed by atoms with Gasteiger partial charge in [0.2, 0.25) is 5.89 Å². The largest absolute Gasteiger partial charge is 0.421 e. The molecule has 1 aromatic carbocycles. The fraction of sp³-hybridized carbons (Fsp3) is 0.385. The fourth-order valence-electron chi connectivity index (χ4n) is 1.62. The second-order valence-electron chi connectivity index (χ2n) is 4.13. The first kappa shape index (κ1) is 14.0. The summed E-state index contributed by atoms with van der Waals surface area (Å²) in [6, 6.07) is 4.35. The zero-order valence-corrected chi connectivity index (χ0v) is 11.4. The highest BCUT2D eigenvalue weighted by Crippen LogP contribution is 2.24. The van der Waals surface area contributed by atoms with E-state index in [9.17, 15) is 4.39 Å². The minimum atomic E-state index is -0.466. The zero-order valence-electron chi connectivity index (χ0n) is 10.6. The first-order valence-corrected chi connectivity index (χ1v) is 6.57. The standard InChI is InChI=1S/C13H15ClFN3O/c1-2-6-16-7-5-12-17-18-13(19-12)10-4-3-9(14)8-11(10)15/h3-4,8,16H,2,5-7H2,1H3. The first-order chi connectivity index (χ1) is 9.20. The van der Waals surface area contributed by atoms with Crippen molar-refractivity contribution >= 4 is 11.6 Å². The van der Waals surface area contributed by atoms with Crippen molar-refractivity contribution < 1.29 is 8.81 Å². The van der Waals surface area contributed by atoms with Crippen LogP contribution >= 0.6 is 11.6 Å². The van der Waals surface area contributed by atoms with Crippen LogP contribution in [0.1, 0.15) is 19.2 Å². The maximum Gasteiger partial charge on any atom is 0.250 e. The van der Waals surface area contributed by atoms with E-state index < -0.39 is 5.82 Å². The van der Waals surface area contributed by atoms with Crippen LogP contribution in [0.15, 0.2) is 22.6 Å². The highest BCUT2D eigenvalue weighted by Gasteiger charge is 2.13. The number of rotatable bonds is 6. The lowest BCUT2D eigenvalue weighted by Gasteiger charge is -1.99. The van der Waals surface area contributed by atoms with Gasteiger partial charge in [0.25, 0.3) is 5.89 Å². The Bertz CT molecular complexity index is 544. The predicted octanol–water partition coefficient (Wildman–Crippen LogP) is 3.07. The fourth-order valence-corrected chi connectivity index (χ4v) is 1.78. The van der Waals surface area contributed by atoms with Crippen LogP contribution in [0.3, 0.4) is 0 Å². The minimum Gasteiger partial charge on any atom is -0.421 e. The van der Waals surface area contributed by atoms with Gasteiger partial charge in [0.1, 0.15) is 5.82 Å². The molecule has 0 radical (unpaired) electrons. The van der Waals surface area contributed by atoms with Gasteiger partial charge in [-0.3, -0.25) is 0 Å². The van der Waals surface area contributed by atoms with Gasteiger partial charge in [-0.25, -0.2) is 4.39 Å². The lowest BCUT2D eigenvalue weighted by molar-refractivity contribution is 0.491. The molecule has 102 valence electrons. The normalized spacial score (nSPS) is 10.9. The predicted molar refractivity (Wildman–Crippen MR) is 71.6 cm³/mol. The highest BCUT2D eigenvalue weighted by atomic mass is 35.5. The summed E-state index contributed by atoms with van der Waals surface area (Å²) in [6.45, 7) is 3.81. The third kappa shape index (κ3) is 3.75. The Labute approximate surface area is 116 Å². The topological polar surface area (TPSA) is 51.0 Å². The lowest BCUT2D eigenvalue weighted by atomic mass is 10.2. The Morgan fingerprint density at radius 3 is 2.89 bits per heavy atom. The van der Waals surface area contributed by atoms with Crippen LogP contribution in [0.25, 0.3) is 11.5 Å². The Kier molecular flexibility index (Phi) is 4.87. The second-order valence-corrected chi connectivity index (χ2v) is 4.56. The molecule has 4 nitrogen and oxygen atoms in total. The van der Waals surface area contributed by atoms with Gasteiger partial charge >= 0.3 is 0 Å². The van der Waals surface area contributed by atoms with Crippen molar-refractivity contribution in [3.05, 3.63) is 34.9 Å². The van der Waals surface area contributed by atoms with Crippen molar-refractivity contribution in [2.45, 2.75) is 19.8 Å². The van der Waals surface area contributed by atoms with Crippen LogP contribution in [0.4, 0.5) is 4.39 Å². The average molecular weight is 284 g/mol. The van der Waals surface area contributed by atoms with Crippen molar-refractivity contribution in [3.63, 3.8) is 0 Å². The highest BCUT2D eigenvalue weighted by molar-refractivity contribution is 6.30.